The molecule has 1 N–H and O–H groups in total. The molecule has 0 spiro atoms. The van der Waals surface area contributed by atoms with Crippen molar-refractivity contribution in [2.75, 3.05) is 6.54 Å². The molecule has 0 aromatic heterocycles. The lowest BCUT2D eigenvalue weighted by molar-refractivity contribution is 0.349. The third-order valence-corrected chi connectivity index (χ3v) is 4.11. The standard InChI is InChI=1S/C17H27N/c1-5-8-18-17(14(4)15-6-7-15)16-10-12(2)9-13(3)11-16/h9-11,14-15,17-18H,5-8H2,1-4H3. The van der Waals surface area contributed by atoms with E-state index < -0.39 is 0 Å². The topological polar surface area (TPSA) is 12.0 Å². The van der Waals surface area contributed by atoms with Crippen molar-refractivity contribution >= 4 is 0 Å². The smallest absolute Gasteiger partial charge is 0.0348 e. The van der Waals surface area contributed by atoms with E-state index >= 15 is 0 Å². The molecule has 1 heteroatoms. The van der Waals surface area contributed by atoms with Gasteiger partial charge in [0.2, 0.25) is 0 Å². The average Bonchev–Trinajstić information content (AvgIpc) is 3.11. The molecule has 18 heavy (non-hydrogen) atoms. The Balaban J connectivity index is 2.20. The first-order chi connectivity index (χ1) is 8.61. The fourth-order valence-corrected chi connectivity index (χ4v) is 2.99. The van der Waals surface area contributed by atoms with Crippen LogP contribution in [0.15, 0.2) is 18.2 Å². The van der Waals surface area contributed by atoms with Crippen molar-refractivity contribution in [3.63, 3.8) is 0 Å². The molecule has 1 saturated carbocycles. The Hall–Kier alpha value is -0.820. The fourth-order valence-electron chi connectivity index (χ4n) is 2.99. The minimum absolute atomic E-state index is 0.538. The molecule has 0 bridgehead atoms. The summed E-state index contributed by atoms with van der Waals surface area (Å²) >= 11 is 0. The lowest BCUT2D eigenvalue weighted by atomic mass is 9.89. The highest BCUT2D eigenvalue weighted by Crippen LogP contribution is 2.42. The van der Waals surface area contributed by atoms with Gasteiger partial charge in [0.25, 0.3) is 0 Å². The van der Waals surface area contributed by atoms with Gasteiger partial charge in [-0.1, -0.05) is 43.2 Å². The molecule has 2 atom stereocenters. The molecule has 0 radical (unpaired) electrons. The summed E-state index contributed by atoms with van der Waals surface area (Å²) in [5.74, 6) is 1.71. The SMILES string of the molecule is CCCNC(c1cc(C)cc(C)c1)C(C)C1CC1. The quantitative estimate of drug-likeness (QED) is 0.783. The number of hydrogen-bond acceptors (Lipinski definition) is 1. The Kier molecular flexibility index (Phi) is 4.45. The van der Waals surface area contributed by atoms with Crippen LogP contribution >= 0.6 is 0 Å². The van der Waals surface area contributed by atoms with E-state index in [0.29, 0.717) is 6.04 Å². The number of aryl methyl sites for hydroxylation is 2. The highest BCUT2D eigenvalue weighted by molar-refractivity contribution is 5.31. The van der Waals surface area contributed by atoms with Crippen LogP contribution in [0.25, 0.3) is 0 Å². The zero-order chi connectivity index (χ0) is 13.1. The van der Waals surface area contributed by atoms with Crippen LogP contribution in [0.5, 0.6) is 0 Å². The van der Waals surface area contributed by atoms with Gasteiger partial charge in [0, 0.05) is 6.04 Å². The van der Waals surface area contributed by atoms with Gasteiger partial charge in [-0.15, -0.1) is 0 Å². The predicted octanol–water partition coefficient (Wildman–Crippen LogP) is 4.39. The first kappa shape index (κ1) is 13.6. The Morgan fingerprint density at radius 1 is 1.17 bits per heavy atom. The van der Waals surface area contributed by atoms with Gasteiger partial charge in [-0.05, 0) is 57.1 Å². The maximum Gasteiger partial charge on any atom is 0.0348 e. The predicted molar refractivity (Wildman–Crippen MR) is 78.8 cm³/mol. The molecule has 1 aromatic rings. The maximum absolute atomic E-state index is 3.76. The average molecular weight is 245 g/mol. The van der Waals surface area contributed by atoms with Crippen LogP contribution in [0, 0.1) is 25.7 Å². The second kappa shape index (κ2) is 5.88. The van der Waals surface area contributed by atoms with Crippen LogP contribution < -0.4 is 5.32 Å². The Morgan fingerprint density at radius 3 is 2.28 bits per heavy atom. The molecular weight excluding hydrogens is 218 g/mol. The first-order valence-electron chi connectivity index (χ1n) is 7.43. The molecule has 0 amide bonds. The molecule has 1 aliphatic rings. The Morgan fingerprint density at radius 2 is 1.78 bits per heavy atom. The molecule has 1 fully saturated rings. The Labute approximate surface area is 112 Å². The second-order valence-electron chi connectivity index (χ2n) is 6.05. The van der Waals surface area contributed by atoms with Crippen LogP contribution in [0.1, 0.15) is 55.8 Å². The molecule has 100 valence electrons. The third kappa shape index (κ3) is 3.35. The Bertz CT molecular complexity index is 372. The van der Waals surface area contributed by atoms with E-state index in [2.05, 4.69) is 51.2 Å². The minimum atomic E-state index is 0.538. The molecular formula is C17H27N. The number of hydrogen-bond donors (Lipinski definition) is 1. The number of nitrogens with one attached hydrogen (secondary N) is 1. The minimum Gasteiger partial charge on any atom is -0.310 e. The van der Waals surface area contributed by atoms with Crippen LogP contribution in [0.2, 0.25) is 0 Å². The molecule has 1 aliphatic carbocycles. The summed E-state index contributed by atoms with van der Waals surface area (Å²) in [5.41, 5.74) is 4.26. The number of rotatable bonds is 6. The maximum atomic E-state index is 3.76. The van der Waals surface area contributed by atoms with Crippen LogP contribution in [0.4, 0.5) is 0 Å². The highest BCUT2D eigenvalue weighted by Gasteiger charge is 2.33. The van der Waals surface area contributed by atoms with E-state index in [1.165, 1.54) is 36.0 Å². The zero-order valence-corrected chi connectivity index (χ0v) is 12.3. The van der Waals surface area contributed by atoms with Gasteiger partial charge in [-0.25, -0.2) is 0 Å². The van der Waals surface area contributed by atoms with Crippen molar-refractivity contribution in [1.29, 1.82) is 0 Å². The summed E-state index contributed by atoms with van der Waals surface area (Å²) < 4.78 is 0. The molecule has 2 rings (SSSR count). The molecule has 1 aromatic carbocycles. The van der Waals surface area contributed by atoms with E-state index in [1.54, 1.807) is 0 Å². The summed E-state index contributed by atoms with van der Waals surface area (Å²) in [4.78, 5) is 0. The normalized spacial score (nSPS) is 18.7. The number of benzene rings is 1. The van der Waals surface area contributed by atoms with Crippen molar-refractivity contribution < 1.29 is 0 Å². The van der Waals surface area contributed by atoms with Crippen LogP contribution in [0.3, 0.4) is 0 Å². The summed E-state index contributed by atoms with van der Waals surface area (Å²) in [6.45, 7) is 10.2. The van der Waals surface area contributed by atoms with Gasteiger partial charge in [-0.3, -0.25) is 0 Å². The van der Waals surface area contributed by atoms with Crippen molar-refractivity contribution in [2.45, 2.75) is 53.0 Å². The van der Waals surface area contributed by atoms with Crippen molar-refractivity contribution in [2.24, 2.45) is 11.8 Å². The van der Waals surface area contributed by atoms with Crippen molar-refractivity contribution in [3.8, 4) is 0 Å². The monoisotopic (exact) mass is 245 g/mol. The van der Waals surface area contributed by atoms with Gasteiger partial charge in [0.1, 0.15) is 0 Å². The summed E-state index contributed by atoms with van der Waals surface area (Å²) in [7, 11) is 0. The van der Waals surface area contributed by atoms with Gasteiger partial charge in [0.15, 0.2) is 0 Å². The van der Waals surface area contributed by atoms with Crippen molar-refractivity contribution in [3.05, 3.63) is 34.9 Å². The second-order valence-corrected chi connectivity index (χ2v) is 6.05. The summed E-state index contributed by atoms with van der Waals surface area (Å²) in [5, 5.41) is 3.76. The largest absolute Gasteiger partial charge is 0.310 e. The van der Waals surface area contributed by atoms with Gasteiger partial charge in [-0.2, -0.15) is 0 Å². The lowest BCUT2D eigenvalue weighted by Gasteiger charge is -2.26. The van der Waals surface area contributed by atoms with Gasteiger partial charge >= 0.3 is 0 Å². The fraction of sp³-hybridized carbons (Fsp3) is 0.647. The highest BCUT2D eigenvalue weighted by atomic mass is 14.9. The molecule has 0 heterocycles. The molecule has 2 unspecified atom stereocenters. The van der Waals surface area contributed by atoms with E-state index in [1.807, 2.05) is 0 Å². The molecule has 0 saturated heterocycles. The van der Waals surface area contributed by atoms with Crippen LogP contribution in [-0.4, -0.2) is 6.54 Å². The van der Waals surface area contributed by atoms with E-state index in [0.717, 1.165) is 18.4 Å². The van der Waals surface area contributed by atoms with E-state index in [4.69, 9.17) is 0 Å². The van der Waals surface area contributed by atoms with Gasteiger partial charge in [0.05, 0.1) is 0 Å². The molecule has 0 aliphatic heterocycles. The first-order valence-corrected chi connectivity index (χ1v) is 7.43. The zero-order valence-electron chi connectivity index (χ0n) is 12.3. The van der Waals surface area contributed by atoms with Crippen molar-refractivity contribution in [1.82, 2.24) is 5.32 Å². The summed E-state index contributed by atoms with van der Waals surface area (Å²) in [6, 6.07) is 7.52. The van der Waals surface area contributed by atoms with Crippen LogP contribution in [-0.2, 0) is 0 Å². The van der Waals surface area contributed by atoms with Gasteiger partial charge < -0.3 is 5.32 Å². The third-order valence-electron chi connectivity index (χ3n) is 4.11. The van der Waals surface area contributed by atoms with E-state index in [9.17, 15) is 0 Å². The summed E-state index contributed by atoms with van der Waals surface area (Å²) in [6.07, 6.45) is 4.06. The molecule has 1 nitrogen and oxygen atoms in total. The van der Waals surface area contributed by atoms with E-state index in [-0.39, 0.29) is 0 Å². The lowest BCUT2D eigenvalue weighted by Crippen LogP contribution is -2.28.